The van der Waals surface area contributed by atoms with Crippen molar-refractivity contribution in [2.75, 3.05) is 40.3 Å². The Kier molecular flexibility index (Phi) is 6.58. The molecular formula is C19H30N4O3. The lowest BCUT2D eigenvalue weighted by Crippen LogP contribution is -2.46. The van der Waals surface area contributed by atoms with Crippen molar-refractivity contribution < 1.29 is 9.59 Å². The number of piperidine rings is 1. The molecule has 1 saturated heterocycles. The lowest BCUT2D eigenvalue weighted by molar-refractivity contribution is -0.126. The second-order valence-corrected chi connectivity index (χ2v) is 8.10. The van der Waals surface area contributed by atoms with Gasteiger partial charge in [-0.25, -0.2) is 0 Å². The molecule has 7 heteroatoms. The number of rotatable bonds is 6. The van der Waals surface area contributed by atoms with Crippen molar-refractivity contribution in [2.24, 2.45) is 11.3 Å². The first-order chi connectivity index (χ1) is 12.2. The summed E-state index contributed by atoms with van der Waals surface area (Å²) in [7, 11) is 4.04. The van der Waals surface area contributed by atoms with Crippen LogP contribution in [-0.2, 0) is 4.79 Å². The van der Waals surface area contributed by atoms with Gasteiger partial charge in [0.05, 0.1) is 0 Å². The molecule has 1 aromatic rings. The lowest BCUT2D eigenvalue weighted by Gasteiger charge is -2.33. The number of carbonyl (C=O) groups excluding carboxylic acids is 2. The van der Waals surface area contributed by atoms with Gasteiger partial charge in [0, 0.05) is 38.3 Å². The number of pyridine rings is 1. The molecule has 2 heterocycles. The average Bonchev–Trinajstić information content (AvgIpc) is 2.58. The second-order valence-electron chi connectivity index (χ2n) is 8.10. The van der Waals surface area contributed by atoms with Gasteiger partial charge < -0.3 is 20.1 Å². The highest BCUT2D eigenvalue weighted by Crippen LogP contribution is 2.20. The monoisotopic (exact) mass is 362 g/mol. The minimum absolute atomic E-state index is 0.00413. The van der Waals surface area contributed by atoms with Crippen molar-refractivity contribution in [3.05, 3.63) is 34.2 Å². The molecule has 0 atom stereocenters. The number of carbonyl (C=O) groups is 2. The number of H-pyrrole nitrogens is 1. The van der Waals surface area contributed by atoms with E-state index in [1.165, 1.54) is 12.3 Å². The fraction of sp³-hybridized carbons (Fsp3) is 0.632. The molecule has 144 valence electrons. The third kappa shape index (κ3) is 5.42. The van der Waals surface area contributed by atoms with E-state index in [-0.39, 0.29) is 34.3 Å². The largest absolute Gasteiger partial charge is 0.355 e. The number of hydrogen-bond donors (Lipinski definition) is 2. The van der Waals surface area contributed by atoms with Crippen LogP contribution < -0.4 is 10.9 Å². The zero-order valence-electron chi connectivity index (χ0n) is 16.2. The molecule has 0 bridgehead atoms. The molecule has 1 aliphatic heterocycles. The fourth-order valence-corrected chi connectivity index (χ4v) is 3.49. The Morgan fingerprint density at radius 1 is 1.31 bits per heavy atom. The fourth-order valence-electron chi connectivity index (χ4n) is 3.49. The summed E-state index contributed by atoms with van der Waals surface area (Å²) in [5, 5.41) is 3.06. The van der Waals surface area contributed by atoms with Gasteiger partial charge >= 0.3 is 0 Å². The summed E-state index contributed by atoms with van der Waals surface area (Å²) in [4.78, 5) is 43.0. The highest BCUT2D eigenvalue weighted by atomic mass is 16.2. The number of aromatic nitrogens is 1. The average molecular weight is 362 g/mol. The normalized spacial score (nSPS) is 16.0. The molecule has 2 amide bonds. The van der Waals surface area contributed by atoms with Crippen molar-refractivity contribution in [1.82, 2.24) is 20.1 Å². The SMILES string of the molecule is CN(C)CC(C)(C)CNC(=O)C1CCN(C(=O)c2ccc[nH]c2=O)CC1. The van der Waals surface area contributed by atoms with Crippen LogP contribution in [0.3, 0.4) is 0 Å². The first-order valence-corrected chi connectivity index (χ1v) is 9.09. The summed E-state index contributed by atoms with van der Waals surface area (Å²) < 4.78 is 0. The summed E-state index contributed by atoms with van der Waals surface area (Å²) in [6.07, 6.45) is 2.75. The van der Waals surface area contributed by atoms with Crippen LogP contribution in [0.2, 0.25) is 0 Å². The highest BCUT2D eigenvalue weighted by molar-refractivity contribution is 5.94. The Labute approximate surface area is 154 Å². The number of aromatic amines is 1. The standard InChI is InChI=1S/C19H30N4O3/c1-19(2,13-22(3)4)12-21-16(24)14-7-10-23(11-8-14)18(26)15-6-5-9-20-17(15)25/h5-6,9,14H,7-8,10-13H2,1-4H3,(H,20,25)(H,21,24). The second kappa shape index (κ2) is 8.49. The molecular weight excluding hydrogens is 332 g/mol. The molecule has 1 aliphatic rings. The molecule has 26 heavy (non-hydrogen) atoms. The van der Waals surface area contributed by atoms with Crippen LogP contribution in [0.15, 0.2) is 23.1 Å². The van der Waals surface area contributed by atoms with E-state index < -0.39 is 0 Å². The first-order valence-electron chi connectivity index (χ1n) is 9.09. The van der Waals surface area contributed by atoms with Crippen molar-refractivity contribution in [3.63, 3.8) is 0 Å². The van der Waals surface area contributed by atoms with Gasteiger partial charge in [0.2, 0.25) is 5.91 Å². The molecule has 1 aromatic heterocycles. The van der Waals surface area contributed by atoms with Crippen LogP contribution in [0.4, 0.5) is 0 Å². The highest BCUT2D eigenvalue weighted by Gasteiger charge is 2.29. The summed E-state index contributed by atoms with van der Waals surface area (Å²) >= 11 is 0. The lowest BCUT2D eigenvalue weighted by atomic mass is 9.91. The third-order valence-corrected chi connectivity index (χ3v) is 4.69. The zero-order chi connectivity index (χ0) is 19.3. The van der Waals surface area contributed by atoms with Crippen molar-refractivity contribution in [1.29, 1.82) is 0 Å². The Morgan fingerprint density at radius 2 is 1.96 bits per heavy atom. The van der Waals surface area contributed by atoms with E-state index in [0.29, 0.717) is 32.5 Å². The zero-order valence-corrected chi connectivity index (χ0v) is 16.2. The van der Waals surface area contributed by atoms with E-state index in [4.69, 9.17) is 0 Å². The molecule has 0 radical (unpaired) electrons. The molecule has 0 aromatic carbocycles. The molecule has 2 N–H and O–H groups in total. The maximum Gasteiger partial charge on any atom is 0.260 e. The van der Waals surface area contributed by atoms with E-state index in [1.807, 2.05) is 14.1 Å². The van der Waals surface area contributed by atoms with Crippen LogP contribution in [0.25, 0.3) is 0 Å². The number of likely N-dealkylation sites (tertiary alicyclic amines) is 1. The summed E-state index contributed by atoms with van der Waals surface area (Å²) in [6.45, 7) is 6.77. The van der Waals surface area contributed by atoms with Gasteiger partial charge in [-0.2, -0.15) is 0 Å². The molecule has 2 rings (SSSR count). The Hall–Kier alpha value is -2.15. The van der Waals surface area contributed by atoms with Gasteiger partial charge in [-0.05, 0) is 44.5 Å². The van der Waals surface area contributed by atoms with Crippen LogP contribution in [0, 0.1) is 11.3 Å². The van der Waals surface area contributed by atoms with Crippen LogP contribution in [0.1, 0.15) is 37.0 Å². The van der Waals surface area contributed by atoms with Gasteiger partial charge in [0.1, 0.15) is 5.56 Å². The van der Waals surface area contributed by atoms with Crippen molar-refractivity contribution >= 4 is 11.8 Å². The smallest absolute Gasteiger partial charge is 0.260 e. The minimum atomic E-state index is -0.375. The van der Waals surface area contributed by atoms with Crippen LogP contribution in [0.5, 0.6) is 0 Å². The van der Waals surface area contributed by atoms with Gasteiger partial charge in [-0.3, -0.25) is 14.4 Å². The van der Waals surface area contributed by atoms with Crippen LogP contribution >= 0.6 is 0 Å². The number of hydrogen-bond acceptors (Lipinski definition) is 4. The number of amides is 2. The Bertz CT molecular complexity index is 688. The van der Waals surface area contributed by atoms with E-state index in [0.717, 1.165) is 6.54 Å². The number of nitrogens with one attached hydrogen (secondary N) is 2. The summed E-state index contributed by atoms with van der Waals surface area (Å²) in [6, 6.07) is 3.18. The summed E-state index contributed by atoms with van der Waals surface area (Å²) in [5.41, 5.74) is -0.217. The van der Waals surface area contributed by atoms with Crippen LogP contribution in [-0.4, -0.2) is 66.9 Å². The van der Waals surface area contributed by atoms with E-state index in [1.54, 1.807) is 11.0 Å². The maximum absolute atomic E-state index is 12.5. The molecule has 0 spiro atoms. The Morgan fingerprint density at radius 3 is 2.54 bits per heavy atom. The van der Waals surface area contributed by atoms with Crippen molar-refractivity contribution in [2.45, 2.75) is 26.7 Å². The molecule has 0 unspecified atom stereocenters. The third-order valence-electron chi connectivity index (χ3n) is 4.69. The molecule has 7 nitrogen and oxygen atoms in total. The van der Waals surface area contributed by atoms with Gasteiger partial charge in [0.15, 0.2) is 0 Å². The minimum Gasteiger partial charge on any atom is -0.355 e. The van der Waals surface area contributed by atoms with Gasteiger partial charge in [-0.15, -0.1) is 0 Å². The molecule has 0 aliphatic carbocycles. The quantitative estimate of drug-likeness (QED) is 0.788. The molecule has 0 saturated carbocycles. The summed E-state index contributed by atoms with van der Waals surface area (Å²) in [5.74, 6) is -0.289. The molecule has 1 fully saturated rings. The predicted octanol–water partition coefficient (Wildman–Crippen LogP) is 0.931. The van der Waals surface area contributed by atoms with Crippen molar-refractivity contribution in [3.8, 4) is 0 Å². The predicted molar refractivity (Wildman–Crippen MR) is 101 cm³/mol. The van der Waals surface area contributed by atoms with E-state index in [2.05, 4.69) is 29.0 Å². The van der Waals surface area contributed by atoms with E-state index in [9.17, 15) is 14.4 Å². The van der Waals surface area contributed by atoms with Gasteiger partial charge in [0.25, 0.3) is 11.5 Å². The topological polar surface area (TPSA) is 85.5 Å². The first kappa shape index (κ1) is 20.2. The maximum atomic E-state index is 12.5. The Balaban J connectivity index is 1.84. The van der Waals surface area contributed by atoms with E-state index >= 15 is 0 Å². The number of nitrogens with zero attached hydrogens (tertiary/aromatic N) is 2. The van der Waals surface area contributed by atoms with Gasteiger partial charge in [-0.1, -0.05) is 13.8 Å².